The molecule has 3 N–H and O–H groups in total. The molecule has 0 saturated carbocycles. The summed E-state index contributed by atoms with van der Waals surface area (Å²) in [6.45, 7) is 2.24. The monoisotopic (exact) mass is 312 g/mol. The van der Waals surface area contributed by atoms with Gasteiger partial charge in [-0.15, -0.1) is 5.10 Å². The van der Waals surface area contributed by atoms with Crippen molar-refractivity contribution in [3.8, 4) is 5.69 Å². The van der Waals surface area contributed by atoms with Gasteiger partial charge in [-0.3, -0.25) is 4.79 Å². The highest BCUT2D eigenvalue weighted by atomic mass is 19.4. The van der Waals surface area contributed by atoms with E-state index >= 15 is 0 Å². The van der Waals surface area contributed by atoms with Crippen molar-refractivity contribution >= 4 is 5.82 Å². The van der Waals surface area contributed by atoms with E-state index in [2.05, 4.69) is 10.4 Å². The first-order valence-electron chi connectivity index (χ1n) is 6.55. The number of nitrogens with zero attached hydrogens (tertiary/aromatic N) is 2. The number of rotatable bonds is 4. The normalized spacial score (nSPS) is 11.5. The van der Waals surface area contributed by atoms with Gasteiger partial charge in [0.25, 0.3) is 0 Å². The second-order valence-corrected chi connectivity index (χ2v) is 4.67. The minimum Gasteiger partial charge on any atom is -0.364 e. The zero-order valence-electron chi connectivity index (χ0n) is 11.8. The fraction of sp³-hybridized carbons (Fsp3) is 0.286. The number of aryl methyl sites for hydroxylation is 1. The van der Waals surface area contributed by atoms with Crippen LogP contribution in [0.2, 0.25) is 0 Å². The molecule has 2 aromatic rings. The summed E-state index contributed by atoms with van der Waals surface area (Å²) in [4.78, 5) is 11.8. The van der Waals surface area contributed by atoms with Crippen LogP contribution in [0.4, 0.5) is 19.0 Å². The summed E-state index contributed by atoms with van der Waals surface area (Å²) in [5, 5.41) is 6.83. The molecule has 5 nitrogen and oxygen atoms in total. The molecule has 0 aliphatic carbocycles. The molecular formula is C14H15F3N4O. The zero-order valence-corrected chi connectivity index (χ0v) is 11.8. The molecule has 1 aromatic carbocycles. The van der Waals surface area contributed by atoms with E-state index in [9.17, 15) is 18.0 Å². The topological polar surface area (TPSA) is 72.9 Å². The summed E-state index contributed by atoms with van der Waals surface area (Å²) < 4.78 is 39.7. The standard InChI is InChI=1S/C14H15F3N4O/c1-9-7-12(22)13(19-6-5-18)20-21(9)11-4-2-3-10(8-11)14(15,16)17/h2-4,7-8H,5-6,18H2,1H3,(H,19,20). The number of benzene rings is 1. The Kier molecular flexibility index (Phi) is 4.51. The zero-order chi connectivity index (χ0) is 16.3. The van der Waals surface area contributed by atoms with Crippen LogP contribution < -0.4 is 16.5 Å². The Morgan fingerprint density at radius 2 is 2.05 bits per heavy atom. The third-order valence-electron chi connectivity index (χ3n) is 2.96. The van der Waals surface area contributed by atoms with Crippen molar-refractivity contribution in [1.29, 1.82) is 0 Å². The average molecular weight is 312 g/mol. The van der Waals surface area contributed by atoms with E-state index in [0.29, 0.717) is 18.8 Å². The Labute approximate surface area is 124 Å². The van der Waals surface area contributed by atoms with Gasteiger partial charge in [-0.2, -0.15) is 13.2 Å². The Bertz CT molecular complexity index is 725. The van der Waals surface area contributed by atoms with Crippen LogP contribution in [-0.2, 0) is 6.18 Å². The van der Waals surface area contributed by atoms with E-state index < -0.39 is 11.7 Å². The number of anilines is 1. The van der Waals surface area contributed by atoms with Gasteiger partial charge in [0.2, 0.25) is 5.43 Å². The summed E-state index contributed by atoms with van der Waals surface area (Å²) in [6, 6.07) is 6.06. The lowest BCUT2D eigenvalue weighted by molar-refractivity contribution is -0.137. The van der Waals surface area contributed by atoms with Crippen molar-refractivity contribution in [2.75, 3.05) is 18.4 Å². The molecule has 0 radical (unpaired) electrons. The molecule has 22 heavy (non-hydrogen) atoms. The number of nitrogens with one attached hydrogen (secondary N) is 1. The molecular weight excluding hydrogens is 297 g/mol. The predicted octanol–water partition coefficient (Wildman–Crippen LogP) is 1.93. The predicted molar refractivity (Wildman–Crippen MR) is 77.1 cm³/mol. The maximum absolute atomic E-state index is 12.8. The maximum Gasteiger partial charge on any atom is 0.416 e. The quantitative estimate of drug-likeness (QED) is 0.905. The van der Waals surface area contributed by atoms with Crippen molar-refractivity contribution in [1.82, 2.24) is 9.78 Å². The largest absolute Gasteiger partial charge is 0.416 e. The maximum atomic E-state index is 12.8. The lowest BCUT2D eigenvalue weighted by atomic mass is 10.2. The molecule has 0 aliphatic heterocycles. The minimum atomic E-state index is -4.44. The second-order valence-electron chi connectivity index (χ2n) is 4.67. The molecule has 0 aliphatic rings. The summed E-state index contributed by atoms with van der Waals surface area (Å²) in [5.74, 6) is 0.0495. The molecule has 0 saturated heterocycles. The number of hydrogen-bond donors (Lipinski definition) is 2. The molecule has 1 heterocycles. The summed E-state index contributed by atoms with van der Waals surface area (Å²) in [5.41, 5.74) is 4.89. The molecule has 0 fully saturated rings. The van der Waals surface area contributed by atoms with Crippen LogP contribution >= 0.6 is 0 Å². The fourth-order valence-electron chi connectivity index (χ4n) is 1.94. The van der Waals surface area contributed by atoms with E-state index in [1.54, 1.807) is 6.92 Å². The second kappa shape index (κ2) is 6.18. The molecule has 0 bridgehead atoms. The lowest BCUT2D eigenvalue weighted by Crippen LogP contribution is -2.22. The Balaban J connectivity index is 2.50. The molecule has 0 atom stereocenters. The van der Waals surface area contributed by atoms with Gasteiger partial charge in [0.1, 0.15) is 0 Å². The molecule has 0 unspecified atom stereocenters. The van der Waals surface area contributed by atoms with Crippen LogP contribution in [0.1, 0.15) is 11.3 Å². The number of nitrogens with two attached hydrogens (primary N) is 1. The minimum absolute atomic E-state index is 0.0495. The van der Waals surface area contributed by atoms with Crippen LogP contribution in [0.3, 0.4) is 0 Å². The van der Waals surface area contributed by atoms with Gasteiger partial charge < -0.3 is 11.1 Å². The van der Waals surface area contributed by atoms with Gasteiger partial charge in [-0.1, -0.05) is 6.07 Å². The van der Waals surface area contributed by atoms with Crippen LogP contribution in [0.15, 0.2) is 35.1 Å². The molecule has 0 spiro atoms. The highest BCUT2D eigenvalue weighted by Gasteiger charge is 2.30. The molecule has 8 heteroatoms. The fourth-order valence-corrected chi connectivity index (χ4v) is 1.94. The first kappa shape index (κ1) is 16.0. The molecule has 0 amide bonds. The smallest absolute Gasteiger partial charge is 0.364 e. The van der Waals surface area contributed by atoms with Gasteiger partial charge in [0.05, 0.1) is 11.3 Å². The SMILES string of the molecule is Cc1cc(=O)c(NCCN)nn1-c1cccc(C(F)(F)F)c1. The Morgan fingerprint density at radius 1 is 1.32 bits per heavy atom. The summed E-state index contributed by atoms with van der Waals surface area (Å²) >= 11 is 0. The van der Waals surface area contributed by atoms with Crippen LogP contribution in [0, 0.1) is 6.92 Å². The molecule has 1 aromatic heterocycles. The Hall–Kier alpha value is -2.35. The highest BCUT2D eigenvalue weighted by molar-refractivity contribution is 5.41. The van der Waals surface area contributed by atoms with E-state index in [0.717, 1.165) is 12.1 Å². The first-order valence-corrected chi connectivity index (χ1v) is 6.55. The van der Waals surface area contributed by atoms with Gasteiger partial charge in [-0.05, 0) is 25.1 Å². The third-order valence-corrected chi connectivity index (χ3v) is 2.96. The summed E-state index contributed by atoms with van der Waals surface area (Å²) in [7, 11) is 0. The summed E-state index contributed by atoms with van der Waals surface area (Å²) in [6.07, 6.45) is -4.44. The van der Waals surface area contributed by atoms with Crippen LogP contribution in [-0.4, -0.2) is 22.9 Å². The van der Waals surface area contributed by atoms with E-state index in [-0.39, 0.29) is 16.9 Å². The van der Waals surface area contributed by atoms with Gasteiger partial charge >= 0.3 is 6.18 Å². The van der Waals surface area contributed by atoms with Crippen molar-refractivity contribution in [3.05, 3.63) is 51.8 Å². The van der Waals surface area contributed by atoms with Crippen molar-refractivity contribution in [3.63, 3.8) is 0 Å². The van der Waals surface area contributed by atoms with E-state index in [1.165, 1.54) is 22.9 Å². The number of alkyl halides is 3. The van der Waals surface area contributed by atoms with Gasteiger partial charge in [0.15, 0.2) is 5.82 Å². The van der Waals surface area contributed by atoms with Crippen LogP contribution in [0.5, 0.6) is 0 Å². The number of hydrogen-bond acceptors (Lipinski definition) is 4. The van der Waals surface area contributed by atoms with Crippen molar-refractivity contribution in [2.45, 2.75) is 13.1 Å². The van der Waals surface area contributed by atoms with E-state index in [1.807, 2.05) is 0 Å². The lowest BCUT2D eigenvalue weighted by Gasteiger charge is -2.14. The third kappa shape index (κ3) is 3.45. The van der Waals surface area contributed by atoms with E-state index in [4.69, 9.17) is 5.73 Å². The van der Waals surface area contributed by atoms with Gasteiger partial charge in [-0.25, -0.2) is 4.68 Å². The van der Waals surface area contributed by atoms with Crippen molar-refractivity contribution in [2.24, 2.45) is 5.73 Å². The first-order chi connectivity index (χ1) is 10.3. The van der Waals surface area contributed by atoms with Crippen LogP contribution in [0.25, 0.3) is 5.69 Å². The molecule has 118 valence electrons. The average Bonchev–Trinajstić information content (AvgIpc) is 2.45. The number of halogens is 3. The highest BCUT2D eigenvalue weighted by Crippen LogP contribution is 2.30. The van der Waals surface area contributed by atoms with Gasteiger partial charge in [0, 0.05) is 24.8 Å². The Morgan fingerprint density at radius 3 is 2.68 bits per heavy atom. The molecule has 2 rings (SSSR count). The van der Waals surface area contributed by atoms with Crippen molar-refractivity contribution < 1.29 is 13.2 Å². The number of aromatic nitrogens is 2.